The number of nitrogens with two attached hydrogens (primary N) is 1. The zero-order valence-electron chi connectivity index (χ0n) is 36.2. The minimum absolute atomic E-state index is 0.00382. The van der Waals surface area contributed by atoms with Crippen LogP contribution in [0.5, 0.6) is 0 Å². The molecule has 1 aromatic carbocycles. The lowest BCUT2D eigenvalue weighted by molar-refractivity contribution is -0.144. The molecule has 362 valence electrons. The Bertz CT molecular complexity index is 2140. The molecule has 0 radical (unpaired) electrons. The van der Waals surface area contributed by atoms with E-state index in [9.17, 15) is 64.2 Å². The number of amides is 3. The van der Waals surface area contributed by atoms with Gasteiger partial charge in [-0.3, -0.25) is 28.8 Å². The lowest BCUT2D eigenvalue weighted by Crippen LogP contribution is -2.49. The number of nitrogen functional groups attached to an aromatic ring is 1. The fourth-order valence-corrected chi connectivity index (χ4v) is 7.90. The summed E-state index contributed by atoms with van der Waals surface area (Å²) in [5.41, 5.74) is 8.69. The van der Waals surface area contributed by atoms with Crippen molar-refractivity contribution >= 4 is 80.0 Å². The largest absolute Gasteiger partial charge is 0.481 e. The van der Waals surface area contributed by atoms with Crippen LogP contribution in [0.4, 0.5) is 5.82 Å². The number of nitrogens with one attached hydrogen (secondary N) is 3. The van der Waals surface area contributed by atoms with E-state index in [1.165, 1.54) is 6.92 Å². The Hall–Kier alpha value is -5.57. The third-order valence-electron chi connectivity index (χ3n) is 9.92. The third kappa shape index (κ3) is 18.7. The van der Waals surface area contributed by atoms with E-state index in [0.717, 1.165) is 27.2 Å². The molecule has 0 unspecified atom stereocenters. The number of carbonyl (C=O) groups is 7. The SMILES string of the molecule is Cc1nc(N)c2nc(CCc3ccc(C(=O)C[C@@H](CCC(=O)NCC(=O)OCCSSC[C@H](NC(=O)[C@@H](C)CCC(=O)NC[C@H](O)[C@@H](O)[C@H](O)[C@H](O)CO)C(=O)O)C(=O)O)cc3)cnc2n1. The number of esters is 1. The van der Waals surface area contributed by atoms with Crippen molar-refractivity contribution in [2.45, 2.75) is 89.3 Å². The first kappa shape index (κ1) is 54.8. The van der Waals surface area contributed by atoms with Crippen molar-refractivity contribution in [3.63, 3.8) is 0 Å². The number of carboxylic acids is 2. The Balaban J connectivity index is 1.28. The molecule has 2 aromatic heterocycles. The quantitative estimate of drug-likeness (QED) is 0.0161. The number of aromatic nitrogens is 4. The molecule has 0 saturated heterocycles. The molecule has 0 aliphatic carbocycles. The van der Waals surface area contributed by atoms with E-state index in [1.807, 2.05) is 0 Å². The van der Waals surface area contributed by atoms with Crippen LogP contribution in [0.15, 0.2) is 30.5 Å². The number of anilines is 1. The number of hydrogen-bond acceptors (Lipinski definition) is 20. The van der Waals surface area contributed by atoms with Crippen molar-refractivity contribution in [1.82, 2.24) is 35.9 Å². The van der Waals surface area contributed by atoms with Gasteiger partial charge in [0.05, 0.1) is 30.5 Å². The van der Waals surface area contributed by atoms with Crippen LogP contribution in [0.25, 0.3) is 11.2 Å². The molecule has 7 atom stereocenters. The smallest absolute Gasteiger partial charge is 0.327 e. The second-order valence-corrected chi connectivity index (χ2v) is 17.8. The normalized spacial score (nSPS) is 14.5. The van der Waals surface area contributed by atoms with Gasteiger partial charge in [0.25, 0.3) is 0 Å². The van der Waals surface area contributed by atoms with Crippen molar-refractivity contribution in [2.75, 3.05) is 43.5 Å². The van der Waals surface area contributed by atoms with Crippen LogP contribution in [0.2, 0.25) is 0 Å². The number of aryl methyl sites for hydroxylation is 3. The van der Waals surface area contributed by atoms with Gasteiger partial charge in [0, 0.05) is 48.8 Å². The summed E-state index contributed by atoms with van der Waals surface area (Å²) < 4.78 is 5.07. The summed E-state index contributed by atoms with van der Waals surface area (Å²) >= 11 is 0. The number of Topliss-reactive ketones (excluding diaryl/α,β-unsaturated/α-hetero) is 1. The van der Waals surface area contributed by atoms with E-state index in [0.29, 0.717) is 41.1 Å². The van der Waals surface area contributed by atoms with Gasteiger partial charge in [-0.05, 0) is 38.2 Å². The molecule has 2 heterocycles. The molecule has 12 N–H and O–H groups in total. The van der Waals surface area contributed by atoms with Gasteiger partial charge in [0.2, 0.25) is 17.7 Å². The highest BCUT2D eigenvalue weighted by Crippen LogP contribution is 2.23. The Kier molecular flexibility index (Phi) is 23.1. The van der Waals surface area contributed by atoms with Crippen LogP contribution in [-0.2, 0) is 46.3 Å². The molecule has 0 fully saturated rings. The molecule has 0 aliphatic heterocycles. The molecule has 0 saturated carbocycles. The summed E-state index contributed by atoms with van der Waals surface area (Å²) in [6, 6.07) is 5.45. The molecule has 23 nitrogen and oxygen atoms in total. The van der Waals surface area contributed by atoms with Crippen molar-refractivity contribution in [1.29, 1.82) is 0 Å². The average Bonchev–Trinajstić information content (AvgIpc) is 3.29. The number of aliphatic hydroxyl groups excluding tert-OH is 5. The number of aliphatic carboxylic acids is 2. The zero-order valence-corrected chi connectivity index (χ0v) is 37.8. The number of nitrogens with zero attached hydrogens (tertiary/aromatic N) is 4. The predicted octanol–water partition coefficient (Wildman–Crippen LogP) is -1.27. The van der Waals surface area contributed by atoms with Crippen LogP contribution < -0.4 is 21.7 Å². The lowest BCUT2D eigenvalue weighted by atomic mass is 9.93. The van der Waals surface area contributed by atoms with Gasteiger partial charge in [-0.15, -0.1) is 0 Å². The molecule has 66 heavy (non-hydrogen) atoms. The molecule has 3 amide bonds. The first-order valence-corrected chi connectivity index (χ1v) is 23.2. The highest BCUT2D eigenvalue weighted by Gasteiger charge is 2.30. The van der Waals surface area contributed by atoms with Gasteiger partial charge in [-0.25, -0.2) is 24.7 Å². The van der Waals surface area contributed by atoms with Gasteiger partial charge in [0.15, 0.2) is 22.8 Å². The molecular weight excluding hydrogens is 909 g/mol. The number of hydrogen-bond donors (Lipinski definition) is 11. The van der Waals surface area contributed by atoms with Gasteiger partial charge < -0.3 is 62.2 Å². The summed E-state index contributed by atoms with van der Waals surface area (Å²) in [5, 5.41) is 74.0. The molecule has 0 aliphatic rings. The molecule has 3 aromatic rings. The number of rotatable bonds is 30. The van der Waals surface area contributed by atoms with E-state index in [4.69, 9.17) is 15.6 Å². The number of benzene rings is 1. The van der Waals surface area contributed by atoms with Crippen LogP contribution in [-0.4, -0.2) is 165 Å². The van der Waals surface area contributed by atoms with Crippen molar-refractivity contribution in [3.8, 4) is 0 Å². The average molecular weight is 965 g/mol. The maximum absolute atomic E-state index is 13.0. The summed E-state index contributed by atoms with van der Waals surface area (Å²) in [6.07, 6.45) is -5.33. The number of ether oxygens (including phenoxy) is 1. The summed E-state index contributed by atoms with van der Waals surface area (Å²) in [6.45, 7) is 1.24. The number of carboxylic acid groups (broad SMARTS) is 2. The van der Waals surface area contributed by atoms with Crippen molar-refractivity contribution < 1.29 is 74.0 Å². The van der Waals surface area contributed by atoms with Gasteiger partial charge in [-0.1, -0.05) is 52.8 Å². The highest BCUT2D eigenvalue weighted by atomic mass is 33.1. The second kappa shape index (κ2) is 27.8. The van der Waals surface area contributed by atoms with Crippen LogP contribution in [0.3, 0.4) is 0 Å². The van der Waals surface area contributed by atoms with Crippen molar-refractivity contribution in [2.24, 2.45) is 11.8 Å². The molecule has 0 spiro atoms. The molecule has 25 heteroatoms. The Morgan fingerprint density at radius 3 is 2.17 bits per heavy atom. The van der Waals surface area contributed by atoms with Crippen LogP contribution in [0.1, 0.15) is 66.5 Å². The number of carbonyl (C=O) groups excluding carboxylic acids is 5. The number of fused-ring (bicyclic) bond motifs is 1. The molecule has 0 bridgehead atoms. The minimum atomic E-state index is -1.86. The van der Waals surface area contributed by atoms with Gasteiger partial charge in [0.1, 0.15) is 43.3 Å². The maximum atomic E-state index is 13.0. The first-order chi connectivity index (χ1) is 31.3. The van der Waals surface area contributed by atoms with E-state index in [2.05, 4.69) is 35.9 Å². The van der Waals surface area contributed by atoms with Crippen LogP contribution in [0, 0.1) is 18.8 Å². The molecule has 3 rings (SSSR count). The third-order valence-corrected chi connectivity index (χ3v) is 12.3. The van der Waals surface area contributed by atoms with E-state index in [1.54, 1.807) is 37.4 Å². The van der Waals surface area contributed by atoms with Crippen molar-refractivity contribution in [3.05, 3.63) is 53.1 Å². The first-order valence-electron chi connectivity index (χ1n) is 20.7. The number of ketones is 1. The highest BCUT2D eigenvalue weighted by molar-refractivity contribution is 8.76. The van der Waals surface area contributed by atoms with E-state index < -0.39 is 103 Å². The second-order valence-electron chi connectivity index (χ2n) is 15.1. The Labute approximate surface area is 386 Å². The topological polar surface area (TPSA) is 384 Å². The molecular formula is C41H56N8O15S2. The Morgan fingerprint density at radius 2 is 1.50 bits per heavy atom. The summed E-state index contributed by atoms with van der Waals surface area (Å²) in [7, 11) is 2.25. The lowest BCUT2D eigenvalue weighted by Gasteiger charge is -2.25. The predicted molar refractivity (Wildman–Crippen MR) is 238 cm³/mol. The number of aliphatic hydroxyl groups is 5. The Morgan fingerprint density at radius 1 is 0.833 bits per heavy atom. The standard InChI is InChI=1S/C41H56N8O15S2/c1-21(3-11-31(54)43-17-29(52)35(57)36(58)30(53)19-50)39(59)49-27(41(62)63)20-66-65-14-13-64-33(56)18-44-32(55)12-9-25(40(60)61)15-28(51)24-7-4-23(5-8-24)6-10-26-16-45-38-34(48-26)37(42)46-22(2)47-38/h4-5,7-8,16,21,25,27,29-30,35-36,50,52-53,57-58H,3,6,9-15,17-20H2,1-2H3,(H,43,54)(H,44,55)(H,49,59)(H,60,61)(H,62,63)(H2,42,45,46,47)/t21-,25+,27-,29-,30+,35+,36+/m0/s1. The zero-order chi connectivity index (χ0) is 48.9. The van der Waals surface area contributed by atoms with Gasteiger partial charge >= 0.3 is 17.9 Å². The fraction of sp³-hybridized carbons (Fsp3) is 0.537. The summed E-state index contributed by atoms with van der Waals surface area (Å²) in [5.74, 6) is -6.65. The van der Waals surface area contributed by atoms with Crippen LogP contribution >= 0.6 is 21.6 Å². The maximum Gasteiger partial charge on any atom is 0.327 e. The fourth-order valence-electron chi connectivity index (χ4n) is 5.92. The summed E-state index contributed by atoms with van der Waals surface area (Å²) in [4.78, 5) is 103. The monoisotopic (exact) mass is 964 g/mol. The van der Waals surface area contributed by atoms with E-state index in [-0.39, 0.29) is 56.0 Å². The van der Waals surface area contributed by atoms with E-state index >= 15 is 0 Å². The minimum Gasteiger partial charge on any atom is -0.481 e. The van der Waals surface area contributed by atoms with Gasteiger partial charge in [-0.2, -0.15) is 0 Å².